The van der Waals surface area contributed by atoms with E-state index in [1.165, 1.54) is 64.5 Å². The van der Waals surface area contributed by atoms with E-state index in [2.05, 4.69) is 17.1 Å². The lowest BCUT2D eigenvalue weighted by atomic mass is 9.78. The molecule has 3 aliphatic rings. The maximum absolute atomic E-state index is 5.86. The maximum atomic E-state index is 5.86. The van der Waals surface area contributed by atoms with Crippen LogP contribution < -0.4 is 5.32 Å². The van der Waals surface area contributed by atoms with Crippen LogP contribution >= 0.6 is 0 Å². The van der Waals surface area contributed by atoms with Crippen LogP contribution in [0.25, 0.3) is 0 Å². The predicted octanol–water partition coefficient (Wildman–Crippen LogP) is 2.55. The van der Waals surface area contributed by atoms with Crippen molar-refractivity contribution in [2.75, 3.05) is 26.7 Å². The van der Waals surface area contributed by atoms with E-state index in [-0.39, 0.29) is 5.60 Å². The lowest BCUT2D eigenvalue weighted by Gasteiger charge is -2.51. The number of piperazine rings is 1. The van der Waals surface area contributed by atoms with Gasteiger partial charge >= 0.3 is 0 Å². The SMILES string of the molecule is CCC1CNC2(CCCC2)CN1CC1(OC)CCC1. The third-order valence-electron chi connectivity index (χ3n) is 5.96. The minimum atomic E-state index is 0.185. The number of methoxy groups -OCH3 is 1. The molecule has 0 aromatic rings. The first kappa shape index (κ1) is 13.8. The van der Waals surface area contributed by atoms with Gasteiger partial charge in [-0.25, -0.2) is 0 Å². The summed E-state index contributed by atoms with van der Waals surface area (Å²) in [7, 11) is 1.91. The van der Waals surface area contributed by atoms with Crippen molar-refractivity contribution < 1.29 is 4.74 Å². The number of nitrogens with one attached hydrogen (secondary N) is 1. The number of rotatable bonds is 4. The number of nitrogens with zero attached hydrogens (tertiary/aromatic N) is 1. The molecule has 1 spiro atoms. The fraction of sp³-hybridized carbons (Fsp3) is 1.00. The van der Waals surface area contributed by atoms with E-state index in [0.717, 1.165) is 6.54 Å². The highest BCUT2D eigenvalue weighted by atomic mass is 16.5. The first-order valence-corrected chi connectivity index (χ1v) is 8.25. The molecule has 3 fully saturated rings. The molecule has 1 N–H and O–H groups in total. The molecule has 2 saturated carbocycles. The molecule has 0 bridgehead atoms. The maximum Gasteiger partial charge on any atom is 0.0805 e. The molecule has 1 aliphatic heterocycles. The summed E-state index contributed by atoms with van der Waals surface area (Å²) in [6.45, 7) is 5.91. The molecule has 0 radical (unpaired) electrons. The summed E-state index contributed by atoms with van der Waals surface area (Å²) in [6, 6.07) is 0.707. The minimum absolute atomic E-state index is 0.185. The summed E-state index contributed by atoms with van der Waals surface area (Å²) in [6.07, 6.45) is 10.7. The van der Waals surface area contributed by atoms with Gasteiger partial charge in [-0.15, -0.1) is 0 Å². The fourth-order valence-corrected chi connectivity index (χ4v) is 4.38. The van der Waals surface area contributed by atoms with Gasteiger partial charge in [0.2, 0.25) is 0 Å². The van der Waals surface area contributed by atoms with Crippen LogP contribution in [0.5, 0.6) is 0 Å². The van der Waals surface area contributed by atoms with Gasteiger partial charge in [0, 0.05) is 38.3 Å². The van der Waals surface area contributed by atoms with Gasteiger partial charge in [-0.3, -0.25) is 4.90 Å². The van der Waals surface area contributed by atoms with E-state index in [9.17, 15) is 0 Å². The van der Waals surface area contributed by atoms with Crippen molar-refractivity contribution in [3.8, 4) is 0 Å². The van der Waals surface area contributed by atoms with Crippen LogP contribution in [0.3, 0.4) is 0 Å². The molecule has 2 aliphatic carbocycles. The Hall–Kier alpha value is -0.120. The van der Waals surface area contributed by atoms with Gasteiger partial charge in [-0.1, -0.05) is 19.8 Å². The van der Waals surface area contributed by atoms with Crippen molar-refractivity contribution in [1.82, 2.24) is 10.2 Å². The molecule has 0 amide bonds. The van der Waals surface area contributed by atoms with Gasteiger partial charge in [-0.2, -0.15) is 0 Å². The first-order valence-electron chi connectivity index (χ1n) is 8.25. The predicted molar refractivity (Wildman–Crippen MR) is 78.4 cm³/mol. The zero-order chi connectivity index (χ0) is 13.3. The summed E-state index contributed by atoms with van der Waals surface area (Å²) in [5, 5.41) is 3.88. The summed E-state index contributed by atoms with van der Waals surface area (Å²) in [5.41, 5.74) is 0.620. The Bertz CT molecular complexity index is 300. The Kier molecular flexibility index (Phi) is 3.89. The third-order valence-corrected chi connectivity index (χ3v) is 5.96. The molecular weight excluding hydrogens is 236 g/mol. The summed E-state index contributed by atoms with van der Waals surface area (Å²) >= 11 is 0. The Labute approximate surface area is 118 Å². The second-order valence-electron chi connectivity index (χ2n) is 7.08. The van der Waals surface area contributed by atoms with E-state index in [4.69, 9.17) is 4.74 Å². The molecule has 1 atom stereocenters. The van der Waals surface area contributed by atoms with Crippen LogP contribution in [-0.4, -0.2) is 48.8 Å². The smallest absolute Gasteiger partial charge is 0.0805 e. The van der Waals surface area contributed by atoms with Gasteiger partial charge in [0.1, 0.15) is 0 Å². The molecule has 3 heteroatoms. The second kappa shape index (κ2) is 5.34. The van der Waals surface area contributed by atoms with Crippen LogP contribution in [-0.2, 0) is 4.74 Å². The molecule has 3 rings (SSSR count). The van der Waals surface area contributed by atoms with Crippen molar-refractivity contribution in [1.29, 1.82) is 0 Å². The average Bonchev–Trinajstić information content (AvgIpc) is 2.82. The van der Waals surface area contributed by atoms with Crippen LogP contribution in [0.4, 0.5) is 0 Å². The molecule has 1 heterocycles. The van der Waals surface area contributed by atoms with Gasteiger partial charge in [0.05, 0.1) is 5.60 Å². The second-order valence-corrected chi connectivity index (χ2v) is 7.08. The monoisotopic (exact) mass is 266 g/mol. The highest BCUT2D eigenvalue weighted by Crippen LogP contribution is 2.39. The highest BCUT2D eigenvalue weighted by Gasteiger charge is 2.45. The van der Waals surface area contributed by atoms with Crippen LogP contribution in [0, 0.1) is 0 Å². The van der Waals surface area contributed by atoms with Crippen LogP contribution in [0.15, 0.2) is 0 Å². The summed E-state index contributed by atoms with van der Waals surface area (Å²) in [4.78, 5) is 2.75. The molecular formula is C16H30N2O. The summed E-state index contributed by atoms with van der Waals surface area (Å²) in [5.74, 6) is 0. The van der Waals surface area contributed by atoms with E-state index in [0.29, 0.717) is 11.6 Å². The van der Waals surface area contributed by atoms with Crippen LogP contribution in [0.1, 0.15) is 58.3 Å². The Balaban J connectivity index is 1.68. The molecule has 19 heavy (non-hydrogen) atoms. The normalized spacial score (nSPS) is 33.5. The quantitative estimate of drug-likeness (QED) is 0.846. The molecule has 1 unspecified atom stereocenters. The Morgan fingerprint density at radius 2 is 1.89 bits per heavy atom. The van der Waals surface area contributed by atoms with Gasteiger partial charge in [0.25, 0.3) is 0 Å². The molecule has 0 aromatic heterocycles. The largest absolute Gasteiger partial charge is 0.377 e. The van der Waals surface area contributed by atoms with Crippen molar-refractivity contribution in [3.05, 3.63) is 0 Å². The van der Waals surface area contributed by atoms with E-state index < -0.39 is 0 Å². The molecule has 1 saturated heterocycles. The lowest BCUT2D eigenvalue weighted by Crippen LogP contribution is -2.66. The van der Waals surface area contributed by atoms with E-state index in [1.807, 2.05) is 7.11 Å². The highest BCUT2D eigenvalue weighted by molar-refractivity contribution is 5.03. The Morgan fingerprint density at radius 3 is 2.42 bits per heavy atom. The fourth-order valence-electron chi connectivity index (χ4n) is 4.38. The lowest BCUT2D eigenvalue weighted by molar-refractivity contribution is -0.106. The summed E-state index contributed by atoms with van der Waals surface area (Å²) < 4.78 is 5.86. The standard InChI is InChI=1S/C16H30N2O/c1-3-14-11-17-15(7-4-5-8-15)12-18(14)13-16(19-2)9-6-10-16/h14,17H,3-13H2,1-2H3. The number of hydrogen-bond donors (Lipinski definition) is 1. The van der Waals surface area contributed by atoms with E-state index in [1.54, 1.807) is 0 Å². The first-order chi connectivity index (χ1) is 9.21. The number of hydrogen-bond acceptors (Lipinski definition) is 3. The molecule has 110 valence electrons. The van der Waals surface area contributed by atoms with E-state index >= 15 is 0 Å². The third kappa shape index (κ3) is 2.57. The van der Waals surface area contributed by atoms with Gasteiger partial charge < -0.3 is 10.1 Å². The van der Waals surface area contributed by atoms with Crippen molar-refractivity contribution in [2.24, 2.45) is 0 Å². The topological polar surface area (TPSA) is 24.5 Å². The van der Waals surface area contributed by atoms with Crippen molar-refractivity contribution in [2.45, 2.75) is 75.5 Å². The Morgan fingerprint density at radius 1 is 1.16 bits per heavy atom. The van der Waals surface area contributed by atoms with Gasteiger partial charge in [0.15, 0.2) is 0 Å². The van der Waals surface area contributed by atoms with Crippen molar-refractivity contribution >= 4 is 0 Å². The molecule has 0 aromatic carbocycles. The van der Waals surface area contributed by atoms with Crippen molar-refractivity contribution in [3.63, 3.8) is 0 Å². The zero-order valence-electron chi connectivity index (χ0n) is 12.7. The number of ether oxygens (including phenoxy) is 1. The minimum Gasteiger partial charge on any atom is -0.377 e. The average molecular weight is 266 g/mol. The zero-order valence-corrected chi connectivity index (χ0v) is 12.7. The molecule has 3 nitrogen and oxygen atoms in total. The van der Waals surface area contributed by atoms with Crippen LogP contribution in [0.2, 0.25) is 0 Å². The van der Waals surface area contributed by atoms with Gasteiger partial charge in [-0.05, 0) is 38.5 Å².